The number of alkyl carbamates (subject to hydrolysis) is 1. The van der Waals surface area contributed by atoms with Gasteiger partial charge in [0.05, 0.1) is 21.2 Å². The molecule has 0 radical (unpaired) electrons. The van der Waals surface area contributed by atoms with E-state index in [-0.39, 0.29) is 6.54 Å². The molecule has 1 rings (SSSR count). The Bertz CT molecular complexity index is 516. The molecular weight excluding hydrogens is 319 g/mol. The number of anilines is 1. The van der Waals surface area contributed by atoms with Crippen LogP contribution in [0.4, 0.5) is 10.5 Å². The van der Waals surface area contributed by atoms with Gasteiger partial charge in [-0.1, -0.05) is 41.5 Å². The Morgan fingerprint density at radius 1 is 1.40 bits per heavy atom. The molecule has 0 atom stereocenters. The SMILES string of the molecule is CC(C)(C)OC(=O)NCc1ccc(Cl)c(NC=S)c1Cl. The molecule has 0 aliphatic carbocycles. The van der Waals surface area contributed by atoms with E-state index in [1.165, 1.54) is 5.49 Å². The van der Waals surface area contributed by atoms with Crippen LogP contribution < -0.4 is 10.6 Å². The Hall–Kier alpha value is -1.04. The van der Waals surface area contributed by atoms with Gasteiger partial charge in [0.2, 0.25) is 0 Å². The highest BCUT2D eigenvalue weighted by atomic mass is 35.5. The zero-order chi connectivity index (χ0) is 15.3. The minimum atomic E-state index is -0.544. The van der Waals surface area contributed by atoms with Crippen molar-refractivity contribution in [2.24, 2.45) is 0 Å². The first-order valence-electron chi connectivity index (χ1n) is 5.88. The molecular formula is C13H16Cl2N2O2S. The number of amides is 1. The van der Waals surface area contributed by atoms with Gasteiger partial charge in [-0.05, 0) is 32.4 Å². The lowest BCUT2D eigenvalue weighted by molar-refractivity contribution is 0.0523. The predicted octanol–water partition coefficient (Wildman–Crippen LogP) is 4.39. The molecule has 1 aromatic carbocycles. The van der Waals surface area contributed by atoms with Crippen LogP contribution in [0.5, 0.6) is 0 Å². The molecule has 7 heteroatoms. The van der Waals surface area contributed by atoms with E-state index in [2.05, 4.69) is 10.6 Å². The summed E-state index contributed by atoms with van der Waals surface area (Å²) in [5.41, 5.74) is 2.00. The lowest BCUT2D eigenvalue weighted by atomic mass is 10.2. The number of halogens is 2. The number of carbonyl (C=O) groups is 1. The second-order valence-electron chi connectivity index (χ2n) is 5.01. The summed E-state index contributed by atoms with van der Waals surface area (Å²) < 4.78 is 5.14. The highest BCUT2D eigenvalue weighted by Crippen LogP contribution is 2.32. The van der Waals surface area contributed by atoms with Gasteiger partial charge in [0, 0.05) is 6.54 Å². The van der Waals surface area contributed by atoms with Crippen LogP contribution in [-0.4, -0.2) is 17.2 Å². The lowest BCUT2D eigenvalue weighted by Gasteiger charge is -2.20. The number of hydrogen-bond donors (Lipinski definition) is 2. The van der Waals surface area contributed by atoms with Crippen molar-refractivity contribution in [1.29, 1.82) is 0 Å². The summed E-state index contributed by atoms with van der Waals surface area (Å²) in [5, 5.41) is 6.29. The number of benzene rings is 1. The van der Waals surface area contributed by atoms with Gasteiger partial charge in [-0.15, -0.1) is 0 Å². The van der Waals surface area contributed by atoms with Crippen LogP contribution in [0.25, 0.3) is 0 Å². The predicted molar refractivity (Wildman–Crippen MR) is 86.8 cm³/mol. The molecule has 1 amide bonds. The van der Waals surface area contributed by atoms with E-state index in [1.807, 2.05) is 0 Å². The second-order valence-corrected chi connectivity index (χ2v) is 6.03. The molecule has 0 saturated carbocycles. The quantitative estimate of drug-likeness (QED) is 0.802. The molecule has 0 heterocycles. The zero-order valence-electron chi connectivity index (χ0n) is 11.4. The molecule has 1 aromatic rings. The first kappa shape index (κ1) is 17.0. The number of rotatable bonds is 4. The number of thiocarbonyl (C=S) groups is 1. The highest BCUT2D eigenvalue weighted by molar-refractivity contribution is 7.79. The number of nitrogens with one attached hydrogen (secondary N) is 2. The van der Waals surface area contributed by atoms with E-state index in [0.29, 0.717) is 21.3 Å². The van der Waals surface area contributed by atoms with Crippen LogP contribution in [0.1, 0.15) is 26.3 Å². The Kier molecular flexibility index (Phi) is 6.05. The molecule has 0 fully saturated rings. The zero-order valence-corrected chi connectivity index (χ0v) is 13.7. The maximum atomic E-state index is 11.6. The van der Waals surface area contributed by atoms with Crippen LogP contribution in [-0.2, 0) is 11.3 Å². The smallest absolute Gasteiger partial charge is 0.407 e. The summed E-state index contributed by atoms with van der Waals surface area (Å²) in [6.45, 7) is 5.62. The summed E-state index contributed by atoms with van der Waals surface area (Å²) in [7, 11) is 0. The van der Waals surface area contributed by atoms with Crippen molar-refractivity contribution in [2.45, 2.75) is 32.9 Å². The Balaban J connectivity index is 2.76. The largest absolute Gasteiger partial charge is 0.444 e. The number of hydrogen-bond acceptors (Lipinski definition) is 3. The molecule has 110 valence electrons. The highest BCUT2D eigenvalue weighted by Gasteiger charge is 2.16. The fourth-order valence-electron chi connectivity index (χ4n) is 1.40. The molecule has 0 bridgehead atoms. The van der Waals surface area contributed by atoms with E-state index >= 15 is 0 Å². The Morgan fingerprint density at radius 2 is 2.05 bits per heavy atom. The van der Waals surface area contributed by atoms with Crippen LogP contribution >= 0.6 is 35.4 Å². The Labute approximate surface area is 133 Å². The van der Waals surface area contributed by atoms with Crippen molar-refractivity contribution in [1.82, 2.24) is 5.32 Å². The van der Waals surface area contributed by atoms with Crippen molar-refractivity contribution in [3.8, 4) is 0 Å². The molecule has 0 spiro atoms. The first-order chi connectivity index (χ1) is 9.24. The van der Waals surface area contributed by atoms with Gasteiger partial charge in [-0.2, -0.15) is 0 Å². The molecule has 0 aliphatic heterocycles. The normalized spacial score (nSPS) is 10.8. The van der Waals surface area contributed by atoms with Gasteiger partial charge < -0.3 is 15.4 Å². The van der Waals surface area contributed by atoms with Gasteiger partial charge in [0.1, 0.15) is 5.60 Å². The van der Waals surface area contributed by atoms with Crippen molar-refractivity contribution < 1.29 is 9.53 Å². The van der Waals surface area contributed by atoms with E-state index in [4.69, 9.17) is 40.2 Å². The van der Waals surface area contributed by atoms with Crippen molar-refractivity contribution in [3.63, 3.8) is 0 Å². The van der Waals surface area contributed by atoms with Crippen LogP contribution in [0.15, 0.2) is 12.1 Å². The topological polar surface area (TPSA) is 50.4 Å². The minimum absolute atomic E-state index is 0.233. The summed E-state index contributed by atoms with van der Waals surface area (Å²) in [6, 6.07) is 3.41. The van der Waals surface area contributed by atoms with E-state index in [9.17, 15) is 4.79 Å². The third kappa shape index (κ3) is 5.15. The van der Waals surface area contributed by atoms with Gasteiger partial charge in [0.25, 0.3) is 0 Å². The van der Waals surface area contributed by atoms with Crippen molar-refractivity contribution in [3.05, 3.63) is 27.7 Å². The summed E-state index contributed by atoms with van der Waals surface area (Å²) in [6.07, 6.45) is -0.507. The molecule has 0 aliphatic rings. The third-order valence-electron chi connectivity index (χ3n) is 2.20. The van der Waals surface area contributed by atoms with Crippen molar-refractivity contribution >= 4 is 52.7 Å². The lowest BCUT2D eigenvalue weighted by Crippen LogP contribution is -2.32. The number of ether oxygens (including phenoxy) is 1. The Morgan fingerprint density at radius 3 is 2.60 bits per heavy atom. The maximum Gasteiger partial charge on any atom is 0.407 e. The summed E-state index contributed by atoms with van der Waals surface area (Å²) >= 11 is 16.9. The van der Waals surface area contributed by atoms with E-state index < -0.39 is 11.7 Å². The van der Waals surface area contributed by atoms with Crippen LogP contribution in [0.2, 0.25) is 10.0 Å². The molecule has 2 N–H and O–H groups in total. The van der Waals surface area contributed by atoms with Gasteiger partial charge in [-0.3, -0.25) is 0 Å². The number of carbonyl (C=O) groups excluding carboxylic acids is 1. The summed E-state index contributed by atoms with van der Waals surface area (Å²) in [5.74, 6) is 0. The fraction of sp³-hybridized carbons (Fsp3) is 0.385. The maximum absolute atomic E-state index is 11.6. The average Bonchev–Trinajstić information content (AvgIpc) is 2.31. The van der Waals surface area contributed by atoms with Gasteiger partial charge >= 0.3 is 6.09 Å². The molecule has 4 nitrogen and oxygen atoms in total. The molecule has 20 heavy (non-hydrogen) atoms. The van der Waals surface area contributed by atoms with Gasteiger partial charge in [-0.25, -0.2) is 4.79 Å². The van der Waals surface area contributed by atoms with E-state index in [0.717, 1.165) is 0 Å². The van der Waals surface area contributed by atoms with Gasteiger partial charge in [0.15, 0.2) is 0 Å². The van der Waals surface area contributed by atoms with Crippen molar-refractivity contribution in [2.75, 3.05) is 5.32 Å². The fourth-order valence-corrected chi connectivity index (χ4v) is 2.07. The van der Waals surface area contributed by atoms with Crippen LogP contribution in [0, 0.1) is 0 Å². The average molecular weight is 335 g/mol. The first-order valence-corrected chi connectivity index (χ1v) is 7.11. The van der Waals surface area contributed by atoms with E-state index in [1.54, 1.807) is 32.9 Å². The standard InChI is InChI=1S/C13H16Cl2N2O2S/c1-13(2,3)19-12(18)16-6-8-4-5-9(14)11(10(8)15)17-7-20/h4-5,7H,6H2,1-3H3,(H,16,18)(H,17,20). The monoisotopic (exact) mass is 334 g/mol. The third-order valence-corrected chi connectivity index (χ3v) is 3.06. The summed E-state index contributed by atoms with van der Waals surface area (Å²) in [4.78, 5) is 11.6. The molecule has 0 saturated heterocycles. The van der Waals surface area contributed by atoms with Crippen LogP contribution in [0.3, 0.4) is 0 Å². The minimum Gasteiger partial charge on any atom is -0.444 e. The second kappa shape index (κ2) is 7.11. The molecule has 0 unspecified atom stereocenters. The molecule has 0 aromatic heterocycles.